The number of rotatable bonds is 5. The van der Waals surface area contributed by atoms with Gasteiger partial charge in [0, 0.05) is 35.6 Å². The van der Waals surface area contributed by atoms with E-state index in [4.69, 9.17) is 4.98 Å². The Balaban J connectivity index is 1.48. The van der Waals surface area contributed by atoms with E-state index < -0.39 is 0 Å². The second-order valence-electron chi connectivity index (χ2n) is 9.54. The van der Waals surface area contributed by atoms with Gasteiger partial charge in [-0.15, -0.1) is 11.3 Å². The molecule has 0 spiro atoms. The Bertz CT molecular complexity index is 935. The summed E-state index contributed by atoms with van der Waals surface area (Å²) in [6.07, 6.45) is 7.36. The molecule has 1 fully saturated rings. The van der Waals surface area contributed by atoms with Gasteiger partial charge in [-0.05, 0) is 59.1 Å². The third kappa shape index (κ3) is 4.90. The molecule has 1 unspecified atom stereocenters. The number of aromatic nitrogens is 2. The standard InChI is InChI=1S/C23H31N5OS/c1-22(2)14-16(15-23(3,4)27-22)13-20(29)28-11-6-8-18(28)17-7-5-9-19(25-17)26-21-24-10-12-30-21/h5,7,9-10,12,14,18,27H,6,8,11,13,15H2,1-4H3,(H,24,25,26). The predicted molar refractivity (Wildman–Crippen MR) is 122 cm³/mol. The molecule has 0 aromatic carbocycles. The average molecular weight is 426 g/mol. The lowest BCUT2D eigenvalue weighted by Gasteiger charge is -2.41. The zero-order valence-corrected chi connectivity index (χ0v) is 19.1. The molecule has 2 aliphatic heterocycles. The summed E-state index contributed by atoms with van der Waals surface area (Å²) in [6.45, 7) is 9.54. The Hall–Kier alpha value is -2.25. The van der Waals surface area contributed by atoms with Crippen molar-refractivity contribution in [3.63, 3.8) is 0 Å². The van der Waals surface area contributed by atoms with Crippen LogP contribution in [0.25, 0.3) is 0 Å². The van der Waals surface area contributed by atoms with Gasteiger partial charge in [-0.25, -0.2) is 9.97 Å². The Morgan fingerprint density at radius 1 is 1.33 bits per heavy atom. The van der Waals surface area contributed by atoms with Gasteiger partial charge in [-0.2, -0.15) is 0 Å². The van der Waals surface area contributed by atoms with Crippen molar-refractivity contribution in [2.24, 2.45) is 0 Å². The number of carbonyl (C=O) groups is 1. The summed E-state index contributed by atoms with van der Waals surface area (Å²) in [7, 11) is 0. The van der Waals surface area contributed by atoms with E-state index in [1.54, 1.807) is 17.5 Å². The van der Waals surface area contributed by atoms with E-state index in [0.717, 1.165) is 42.5 Å². The quantitative estimate of drug-likeness (QED) is 0.673. The van der Waals surface area contributed by atoms with Gasteiger partial charge in [-0.3, -0.25) is 4.79 Å². The first-order valence-corrected chi connectivity index (χ1v) is 11.5. The number of hydrogen-bond acceptors (Lipinski definition) is 6. The Morgan fingerprint density at radius 2 is 2.17 bits per heavy atom. The van der Waals surface area contributed by atoms with Crippen molar-refractivity contribution in [3.05, 3.63) is 47.1 Å². The molecule has 0 bridgehead atoms. The smallest absolute Gasteiger partial charge is 0.227 e. The van der Waals surface area contributed by atoms with Crippen molar-refractivity contribution < 1.29 is 4.79 Å². The molecular weight excluding hydrogens is 394 g/mol. The van der Waals surface area contributed by atoms with Crippen LogP contribution in [-0.4, -0.2) is 38.4 Å². The molecule has 1 atom stereocenters. The molecule has 2 aromatic rings. The molecule has 2 aliphatic rings. The van der Waals surface area contributed by atoms with Crippen LogP contribution in [0.4, 0.5) is 10.9 Å². The van der Waals surface area contributed by atoms with Crippen molar-refractivity contribution in [3.8, 4) is 0 Å². The summed E-state index contributed by atoms with van der Waals surface area (Å²) in [5.41, 5.74) is 2.07. The van der Waals surface area contributed by atoms with Crippen molar-refractivity contribution in [2.45, 2.75) is 70.5 Å². The fourth-order valence-corrected chi connectivity index (χ4v) is 5.50. The highest BCUT2D eigenvalue weighted by Crippen LogP contribution is 2.35. The number of thiazole rings is 1. The number of carbonyl (C=O) groups excluding carboxylic acids is 1. The van der Waals surface area contributed by atoms with Crippen LogP contribution in [-0.2, 0) is 4.79 Å². The number of pyridine rings is 1. The second kappa shape index (κ2) is 8.12. The number of hydrogen-bond donors (Lipinski definition) is 2. The van der Waals surface area contributed by atoms with E-state index in [1.165, 1.54) is 5.57 Å². The lowest BCUT2D eigenvalue weighted by atomic mass is 9.82. The van der Waals surface area contributed by atoms with Crippen molar-refractivity contribution in [1.82, 2.24) is 20.2 Å². The molecule has 4 heterocycles. The van der Waals surface area contributed by atoms with Gasteiger partial charge in [0.15, 0.2) is 5.13 Å². The molecule has 7 heteroatoms. The molecule has 2 aromatic heterocycles. The molecule has 30 heavy (non-hydrogen) atoms. The molecule has 6 nitrogen and oxygen atoms in total. The molecule has 160 valence electrons. The molecule has 0 saturated carbocycles. The SMILES string of the molecule is CC1(C)C=C(CC(=O)N2CCCC2c2cccc(Nc3nccs3)n2)CC(C)(C)N1. The van der Waals surface area contributed by atoms with Crippen LogP contribution in [0.1, 0.15) is 65.1 Å². The van der Waals surface area contributed by atoms with Crippen molar-refractivity contribution in [2.75, 3.05) is 11.9 Å². The first-order chi connectivity index (χ1) is 14.2. The molecule has 4 rings (SSSR count). The molecule has 1 amide bonds. The van der Waals surface area contributed by atoms with E-state index in [0.29, 0.717) is 6.42 Å². The Labute approximate surface area is 182 Å². The molecule has 0 aliphatic carbocycles. The highest BCUT2D eigenvalue weighted by atomic mass is 32.1. The van der Waals surface area contributed by atoms with Crippen LogP contribution in [0.5, 0.6) is 0 Å². The molecule has 0 radical (unpaired) electrons. The summed E-state index contributed by atoms with van der Waals surface area (Å²) >= 11 is 1.54. The maximum Gasteiger partial charge on any atom is 0.227 e. The van der Waals surface area contributed by atoms with Crippen LogP contribution in [0.15, 0.2) is 41.4 Å². The summed E-state index contributed by atoms with van der Waals surface area (Å²) in [5.74, 6) is 0.976. The maximum atomic E-state index is 13.3. The highest BCUT2D eigenvalue weighted by molar-refractivity contribution is 7.13. The third-order valence-electron chi connectivity index (χ3n) is 5.63. The number of anilines is 2. The number of nitrogens with one attached hydrogen (secondary N) is 2. The minimum absolute atomic E-state index is 0.00431. The van der Waals surface area contributed by atoms with Gasteiger partial charge >= 0.3 is 0 Å². The van der Waals surface area contributed by atoms with Crippen LogP contribution < -0.4 is 10.6 Å². The topological polar surface area (TPSA) is 70.2 Å². The highest BCUT2D eigenvalue weighted by Gasteiger charge is 2.35. The van der Waals surface area contributed by atoms with Gasteiger partial charge < -0.3 is 15.5 Å². The van der Waals surface area contributed by atoms with Crippen molar-refractivity contribution >= 4 is 28.2 Å². The van der Waals surface area contributed by atoms with Gasteiger partial charge in [0.2, 0.25) is 5.91 Å². The van der Waals surface area contributed by atoms with E-state index in [1.807, 2.05) is 28.5 Å². The Morgan fingerprint density at radius 3 is 2.90 bits per heavy atom. The van der Waals surface area contributed by atoms with Crippen LogP contribution in [0, 0.1) is 0 Å². The molecule has 1 saturated heterocycles. The zero-order valence-electron chi connectivity index (χ0n) is 18.2. The van der Waals surface area contributed by atoms with E-state index >= 15 is 0 Å². The van der Waals surface area contributed by atoms with Gasteiger partial charge in [0.1, 0.15) is 5.82 Å². The van der Waals surface area contributed by atoms with Crippen LogP contribution in [0.2, 0.25) is 0 Å². The summed E-state index contributed by atoms with van der Waals surface area (Å²) < 4.78 is 0. The van der Waals surface area contributed by atoms with Gasteiger partial charge in [-0.1, -0.05) is 17.7 Å². The minimum atomic E-state index is -0.0981. The lowest BCUT2D eigenvalue weighted by Crippen LogP contribution is -2.54. The second-order valence-corrected chi connectivity index (χ2v) is 10.4. The van der Waals surface area contributed by atoms with Crippen LogP contribution in [0.3, 0.4) is 0 Å². The monoisotopic (exact) mass is 425 g/mol. The first kappa shape index (κ1) is 21.0. The fourth-order valence-electron chi connectivity index (χ4n) is 4.96. The summed E-state index contributed by atoms with van der Waals surface area (Å²) in [5, 5.41) is 9.65. The molecular formula is C23H31N5OS. The Kier molecular flexibility index (Phi) is 5.68. The average Bonchev–Trinajstić information content (AvgIpc) is 3.30. The lowest BCUT2D eigenvalue weighted by molar-refractivity contribution is -0.131. The summed E-state index contributed by atoms with van der Waals surface area (Å²) in [6, 6.07) is 6.01. The normalized spacial score (nSPS) is 22.6. The maximum absolute atomic E-state index is 13.3. The largest absolute Gasteiger partial charge is 0.334 e. The minimum Gasteiger partial charge on any atom is -0.334 e. The summed E-state index contributed by atoms with van der Waals surface area (Å²) in [4.78, 5) is 24.4. The number of nitrogens with zero attached hydrogens (tertiary/aromatic N) is 3. The number of amides is 1. The van der Waals surface area contributed by atoms with E-state index in [-0.39, 0.29) is 23.0 Å². The van der Waals surface area contributed by atoms with Crippen LogP contribution >= 0.6 is 11.3 Å². The first-order valence-electron chi connectivity index (χ1n) is 10.6. The van der Waals surface area contributed by atoms with Crippen molar-refractivity contribution in [1.29, 1.82) is 0 Å². The van der Waals surface area contributed by atoms with E-state index in [9.17, 15) is 4.79 Å². The van der Waals surface area contributed by atoms with Gasteiger partial charge in [0.25, 0.3) is 0 Å². The van der Waals surface area contributed by atoms with E-state index in [2.05, 4.69) is 49.4 Å². The number of likely N-dealkylation sites (tertiary alicyclic amines) is 1. The van der Waals surface area contributed by atoms with Gasteiger partial charge in [0.05, 0.1) is 11.7 Å². The molecule has 2 N–H and O–H groups in total. The predicted octanol–water partition coefficient (Wildman–Crippen LogP) is 4.81. The fraction of sp³-hybridized carbons (Fsp3) is 0.522. The zero-order chi connectivity index (χ0) is 21.4. The third-order valence-corrected chi connectivity index (χ3v) is 6.31.